The maximum Gasteiger partial charge on any atom is 0.246 e. The van der Waals surface area contributed by atoms with E-state index < -0.39 is 0 Å². The van der Waals surface area contributed by atoms with Gasteiger partial charge in [-0.25, -0.2) is 4.98 Å². The number of carbonyl (C=O) groups excluding carboxylic acids is 1. The number of pyridine rings is 2. The fourth-order valence-corrected chi connectivity index (χ4v) is 5.04. The van der Waals surface area contributed by atoms with Gasteiger partial charge in [-0.1, -0.05) is 6.58 Å². The molecular weight excluding hydrogens is 430 g/mol. The number of anilines is 2. The summed E-state index contributed by atoms with van der Waals surface area (Å²) in [5.41, 5.74) is 5.02. The second kappa shape index (κ2) is 7.95. The van der Waals surface area contributed by atoms with Crippen molar-refractivity contribution in [3.05, 3.63) is 60.8 Å². The number of likely N-dealkylation sites (tertiary alicyclic amines) is 2. The van der Waals surface area contributed by atoms with Crippen molar-refractivity contribution in [1.82, 2.24) is 29.5 Å². The van der Waals surface area contributed by atoms with E-state index >= 15 is 0 Å². The quantitative estimate of drug-likeness (QED) is 0.603. The third kappa shape index (κ3) is 3.43. The molecule has 9 heteroatoms. The van der Waals surface area contributed by atoms with Crippen LogP contribution in [0.4, 0.5) is 11.5 Å². The molecule has 0 spiro atoms. The minimum absolute atomic E-state index is 0.0154. The number of hydrogen-bond donors (Lipinski definition) is 1. The zero-order valence-corrected chi connectivity index (χ0v) is 19.3. The highest BCUT2D eigenvalue weighted by Gasteiger charge is 2.41. The van der Waals surface area contributed by atoms with Crippen LogP contribution in [0, 0.1) is 0 Å². The first-order chi connectivity index (χ1) is 16.5. The molecule has 0 radical (unpaired) electrons. The van der Waals surface area contributed by atoms with Crippen molar-refractivity contribution in [3.8, 4) is 16.9 Å². The Balaban J connectivity index is 1.20. The summed E-state index contributed by atoms with van der Waals surface area (Å²) in [6.07, 6.45) is 8.68. The molecule has 6 rings (SSSR count). The number of nitrogens with one attached hydrogen (secondary N) is 1. The number of ether oxygens (including phenoxy) is 1. The van der Waals surface area contributed by atoms with Gasteiger partial charge in [-0.3, -0.25) is 19.4 Å². The summed E-state index contributed by atoms with van der Waals surface area (Å²) >= 11 is 0. The summed E-state index contributed by atoms with van der Waals surface area (Å²) < 4.78 is 8.12. The number of fused-ring (bicyclic) bond motifs is 2. The van der Waals surface area contributed by atoms with Crippen LogP contribution in [0.5, 0.6) is 5.75 Å². The summed E-state index contributed by atoms with van der Waals surface area (Å²) in [5, 5.41) is 7.82. The van der Waals surface area contributed by atoms with E-state index in [0.29, 0.717) is 12.0 Å². The molecule has 3 aromatic rings. The number of nitrogens with zero attached hydrogens (tertiary/aromatic N) is 6. The van der Waals surface area contributed by atoms with E-state index in [1.807, 2.05) is 49.7 Å². The van der Waals surface area contributed by atoms with Gasteiger partial charge < -0.3 is 15.0 Å². The lowest BCUT2D eigenvalue weighted by Crippen LogP contribution is -2.65. The molecule has 0 aliphatic carbocycles. The van der Waals surface area contributed by atoms with Crippen molar-refractivity contribution in [2.24, 2.45) is 7.05 Å². The van der Waals surface area contributed by atoms with Crippen molar-refractivity contribution in [2.45, 2.75) is 25.0 Å². The maximum atomic E-state index is 11.7. The minimum atomic E-state index is -0.195. The Morgan fingerprint density at radius 2 is 2.06 bits per heavy atom. The Labute approximate surface area is 198 Å². The Morgan fingerprint density at radius 3 is 2.79 bits per heavy atom. The summed E-state index contributed by atoms with van der Waals surface area (Å²) in [7, 11) is 1.91. The molecule has 1 N–H and O–H groups in total. The lowest BCUT2D eigenvalue weighted by molar-refractivity contribution is -0.134. The van der Waals surface area contributed by atoms with Gasteiger partial charge in [0.15, 0.2) is 5.75 Å². The van der Waals surface area contributed by atoms with E-state index in [4.69, 9.17) is 9.72 Å². The lowest BCUT2D eigenvalue weighted by Gasteiger charge is -2.51. The highest BCUT2D eigenvalue weighted by Crippen LogP contribution is 2.43. The molecular formula is C25H27N7O2. The van der Waals surface area contributed by atoms with E-state index in [1.54, 1.807) is 4.68 Å². The monoisotopic (exact) mass is 457 g/mol. The van der Waals surface area contributed by atoms with Crippen LogP contribution in [0.3, 0.4) is 0 Å². The van der Waals surface area contributed by atoms with Crippen molar-refractivity contribution in [1.29, 1.82) is 0 Å². The van der Waals surface area contributed by atoms with Gasteiger partial charge in [-0.05, 0) is 30.7 Å². The van der Waals surface area contributed by atoms with E-state index in [9.17, 15) is 4.79 Å². The van der Waals surface area contributed by atoms with Crippen molar-refractivity contribution < 1.29 is 9.53 Å². The highest BCUT2D eigenvalue weighted by molar-refractivity contribution is 5.87. The maximum absolute atomic E-state index is 11.7. The number of hydrogen-bond acceptors (Lipinski definition) is 7. The van der Waals surface area contributed by atoms with Gasteiger partial charge in [0, 0.05) is 74.4 Å². The van der Waals surface area contributed by atoms with Crippen LogP contribution < -0.4 is 10.1 Å². The number of amides is 1. The van der Waals surface area contributed by atoms with Crippen LogP contribution >= 0.6 is 0 Å². The van der Waals surface area contributed by atoms with E-state index in [1.165, 1.54) is 6.08 Å². The van der Waals surface area contributed by atoms with Gasteiger partial charge in [0.1, 0.15) is 11.9 Å². The Morgan fingerprint density at radius 1 is 1.24 bits per heavy atom. The smallest absolute Gasteiger partial charge is 0.246 e. The largest absolute Gasteiger partial charge is 0.482 e. The number of aromatic nitrogens is 4. The number of carbonyl (C=O) groups is 1. The normalized spacial score (nSPS) is 20.2. The van der Waals surface area contributed by atoms with E-state index in [2.05, 4.69) is 32.9 Å². The average molecular weight is 458 g/mol. The third-order valence-electron chi connectivity index (χ3n) is 7.05. The van der Waals surface area contributed by atoms with Crippen molar-refractivity contribution in [3.63, 3.8) is 0 Å². The minimum Gasteiger partial charge on any atom is -0.482 e. The highest BCUT2D eigenvalue weighted by atomic mass is 16.5. The summed E-state index contributed by atoms with van der Waals surface area (Å²) in [5.74, 6) is 1.90. The molecule has 34 heavy (non-hydrogen) atoms. The number of rotatable bonds is 4. The number of aryl methyl sites for hydroxylation is 1. The van der Waals surface area contributed by atoms with Crippen LogP contribution in [0.15, 0.2) is 49.6 Å². The zero-order chi connectivity index (χ0) is 23.4. The zero-order valence-electron chi connectivity index (χ0n) is 19.3. The molecule has 2 saturated heterocycles. The second-order valence-electron chi connectivity index (χ2n) is 9.27. The Hall–Kier alpha value is -3.72. The molecule has 3 aromatic heterocycles. The predicted molar refractivity (Wildman–Crippen MR) is 128 cm³/mol. The average Bonchev–Trinajstić information content (AvgIpc) is 3.14. The molecule has 6 heterocycles. The van der Waals surface area contributed by atoms with Gasteiger partial charge in [0.05, 0.1) is 18.1 Å². The molecule has 1 atom stereocenters. The SMILES string of the molecule is C=CC(=O)N1CC(N2CC(c3cc4c(cn3)O[C@@H](C)c3c(-c5cnn(C)c5)ccnc3N4)C2)C1. The summed E-state index contributed by atoms with van der Waals surface area (Å²) in [6, 6.07) is 4.53. The third-order valence-corrected chi connectivity index (χ3v) is 7.05. The fraction of sp³-hybridized carbons (Fsp3) is 0.360. The van der Waals surface area contributed by atoms with Crippen LogP contribution in [-0.2, 0) is 11.8 Å². The second-order valence-corrected chi connectivity index (χ2v) is 9.27. The van der Waals surface area contributed by atoms with Crippen LogP contribution in [-0.4, -0.2) is 67.7 Å². The first-order valence-corrected chi connectivity index (χ1v) is 11.6. The van der Waals surface area contributed by atoms with Crippen molar-refractivity contribution in [2.75, 3.05) is 31.5 Å². The molecule has 2 fully saturated rings. The predicted octanol–water partition coefficient (Wildman–Crippen LogP) is 2.87. The van der Waals surface area contributed by atoms with Crippen LogP contribution in [0.1, 0.15) is 30.2 Å². The summed E-state index contributed by atoms with van der Waals surface area (Å²) in [4.78, 5) is 25.3. The molecule has 0 aromatic carbocycles. The van der Waals surface area contributed by atoms with E-state index in [-0.39, 0.29) is 12.0 Å². The Kier molecular flexibility index (Phi) is 4.88. The lowest BCUT2D eigenvalue weighted by atomic mass is 9.91. The molecule has 174 valence electrons. The van der Waals surface area contributed by atoms with Crippen LogP contribution in [0.2, 0.25) is 0 Å². The van der Waals surface area contributed by atoms with Gasteiger partial charge >= 0.3 is 0 Å². The first kappa shape index (κ1) is 20.9. The van der Waals surface area contributed by atoms with Crippen LogP contribution in [0.25, 0.3) is 11.1 Å². The molecule has 1 amide bonds. The molecule has 0 saturated carbocycles. The molecule has 0 bridgehead atoms. The molecule has 0 unspecified atom stereocenters. The first-order valence-electron chi connectivity index (χ1n) is 11.6. The van der Waals surface area contributed by atoms with Crippen molar-refractivity contribution >= 4 is 17.4 Å². The van der Waals surface area contributed by atoms with Gasteiger partial charge in [0.25, 0.3) is 0 Å². The van der Waals surface area contributed by atoms with Gasteiger partial charge in [-0.15, -0.1) is 0 Å². The van der Waals surface area contributed by atoms with E-state index in [0.717, 1.165) is 65.8 Å². The fourth-order valence-electron chi connectivity index (χ4n) is 5.04. The molecule has 3 aliphatic heterocycles. The molecule has 9 nitrogen and oxygen atoms in total. The van der Waals surface area contributed by atoms with Gasteiger partial charge in [0.2, 0.25) is 5.91 Å². The topological polar surface area (TPSA) is 88.4 Å². The molecule has 3 aliphatic rings. The standard InChI is InChI=1S/C25H27N7O2/c1-4-23(33)32-13-18(14-32)31-11-17(12-31)20-7-21-22(9-27-20)34-15(2)24-19(5-6-26-25(24)29-21)16-8-28-30(3)10-16/h4-10,15,17-18H,1,11-14H2,2-3H3,(H,26,29)/t15-/m0/s1. The Bertz CT molecular complexity index is 1270. The summed E-state index contributed by atoms with van der Waals surface area (Å²) in [6.45, 7) is 9.06. The van der Waals surface area contributed by atoms with Gasteiger partial charge in [-0.2, -0.15) is 5.10 Å².